The van der Waals surface area contributed by atoms with Crippen LogP contribution in [0.1, 0.15) is 42.6 Å². The number of rotatable bonds is 6. The maximum atomic E-state index is 4.63. The maximum absolute atomic E-state index is 4.63. The summed E-state index contributed by atoms with van der Waals surface area (Å²) >= 11 is 0. The van der Waals surface area contributed by atoms with Crippen LogP contribution >= 0.6 is 24.0 Å². The number of halogens is 1. The minimum Gasteiger partial charge on any atom is -0.356 e. The summed E-state index contributed by atoms with van der Waals surface area (Å²) in [6.45, 7) is 5.91. The van der Waals surface area contributed by atoms with E-state index in [0.29, 0.717) is 5.41 Å². The fourth-order valence-electron chi connectivity index (χ4n) is 3.98. The number of nitrogens with one attached hydrogen (secondary N) is 2. The van der Waals surface area contributed by atoms with Crippen molar-refractivity contribution in [2.45, 2.75) is 46.1 Å². The van der Waals surface area contributed by atoms with Gasteiger partial charge < -0.3 is 10.6 Å². The third kappa shape index (κ3) is 4.47. The van der Waals surface area contributed by atoms with E-state index in [2.05, 4.69) is 58.0 Å². The van der Waals surface area contributed by atoms with E-state index in [1.807, 2.05) is 18.7 Å². The van der Waals surface area contributed by atoms with Gasteiger partial charge in [0.25, 0.3) is 0 Å². The summed E-state index contributed by atoms with van der Waals surface area (Å²) < 4.78 is 2.02. The molecule has 5 nitrogen and oxygen atoms in total. The van der Waals surface area contributed by atoms with Crippen LogP contribution in [0.5, 0.6) is 0 Å². The van der Waals surface area contributed by atoms with E-state index in [1.165, 1.54) is 31.2 Å². The normalized spacial score (nSPS) is 18.0. The van der Waals surface area contributed by atoms with E-state index in [9.17, 15) is 0 Å². The van der Waals surface area contributed by atoms with E-state index in [1.54, 1.807) is 0 Å². The number of guanidine groups is 1. The van der Waals surface area contributed by atoms with Gasteiger partial charge in [0.2, 0.25) is 0 Å². The van der Waals surface area contributed by atoms with Crippen LogP contribution in [-0.2, 0) is 6.54 Å². The molecule has 0 spiro atoms. The van der Waals surface area contributed by atoms with Crippen LogP contribution in [0.3, 0.4) is 0 Å². The highest BCUT2D eigenvalue weighted by atomic mass is 127. The second-order valence-corrected chi connectivity index (χ2v) is 7.88. The molecular formula is C21H30IN5. The fourth-order valence-corrected chi connectivity index (χ4v) is 3.98. The highest BCUT2D eigenvalue weighted by Gasteiger charge is 2.53. The lowest BCUT2D eigenvalue weighted by atomic mass is 10.0. The zero-order valence-corrected chi connectivity index (χ0v) is 18.8. The van der Waals surface area contributed by atoms with E-state index in [-0.39, 0.29) is 24.0 Å². The summed E-state index contributed by atoms with van der Waals surface area (Å²) in [4.78, 5) is 4.41. The van der Waals surface area contributed by atoms with Crippen molar-refractivity contribution in [1.82, 2.24) is 20.4 Å². The first-order valence-corrected chi connectivity index (χ1v) is 9.67. The largest absolute Gasteiger partial charge is 0.356 e. The standard InChI is InChI=1S/C21H29N5.HI/c1-15-12-16(2)26(25-15)19-7-5-4-6-17(19)13-23-20(22-3)24-14-21(10-11-21)18-8-9-18;/h4-7,12,18H,8-11,13-14H2,1-3H3,(H2,22,23,24);1H. The van der Waals surface area contributed by atoms with Gasteiger partial charge in [0.1, 0.15) is 0 Å². The topological polar surface area (TPSA) is 54.2 Å². The Kier molecular flexibility index (Phi) is 6.13. The van der Waals surface area contributed by atoms with Gasteiger partial charge in [0, 0.05) is 25.8 Å². The molecule has 0 atom stereocenters. The van der Waals surface area contributed by atoms with Crippen molar-refractivity contribution >= 4 is 29.9 Å². The van der Waals surface area contributed by atoms with Crippen LogP contribution in [0.2, 0.25) is 0 Å². The molecule has 0 saturated heterocycles. The molecule has 1 heterocycles. The molecule has 2 aromatic rings. The summed E-state index contributed by atoms with van der Waals surface area (Å²) in [5.74, 6) is 1.85. The molecule has 1 aromatic heterocycles. The van der Waals surface area contributed by atoms with E-state index >= 15 is 0 Å². The molecule has 2 saturated carbocycles. The lowest BCUT2D eigenvalue weighted by molar-refractivity contribution is 0.431. The lowest BCUT2D eigenvalue weighted by Crippen LogP contribution is -2.40. The van der Waals surface area contributed by atoms with Gasteiger partial charge in [-0.2, -0.15) is 5.10 Å². The number of aliphatic imine (C=N–C) groups is 1. The molecule has 27 heavy (non-hydrogen) atoms. The molecule has 4 rings (SSSR count). The number of hydrogen-bond acceptors (Lipinski definition) is 2. The number of hydrogen-bond donors (Lipinski definition) is 2. The average Bonchev–Trinajstić information content (AvgIpc) is 3.53. The van der Waals surface area contributed by atoms with Crippen LogP contribution in [0.15, 0.2) is 35.3 Å². The smallest absolute Gasteiger partial charge is 0.191 e. The van der Waals surface area contributed by atoms with Gasteiger partial charge in [0.15, 0.2) is 5.96 Å². The summed E-state index contributed by atoms with van der Waals surface area (Å²) in [6, 6.07) is 10.5. The molecule has 2 fully saturated rings. The Hall–Kier alpha value is -1.57. The maximum Gasteiger partial charge on any atom is 0.191 e. The predicted molar refractivity (Wildman–Crippen MR) is 121 cm³/mol. The van der Waals surface area contributed by atoms with Crippen LogP contribution < -0.4 is 10.6 Å². The Bertz CT molecular complexity index is 818. The first-order valence-electron chi connectivity index (χ1n) is 9.67. The molecule has 0 unspecified atom stereocenters. The van der Waals surface area contributed by atoms with E-state index in [0.717, 1.165) is 42.0 Å². The Morgan fingerprint density at radius 3 is 2.56 bits per heavy atom. The molecular weight excluding hydrogens is 449 g/mol. The highest BCUT2D eigenvalue weighted by molar-refractivity contribution is 14.0. The summed E-state index contributed by atoms with van der Waals surface area (Å²) in [7, 11) is 1.85. The Morgan fingerprint density at radius 2 is 1.96 bits per heavy atom. The number of aromatic nitrogens is 2. The average molecular weight is 479 g/mol. The molecule has 0 amide bonds. The van der Waals surface area contributed by atoms with Crippen molar-refractivity contribution in [3.63, 3.8) is 0 Å². The molecule has 0 aliphatic heterocycles. The van der Waals surface area contributed by atoms with Crippen molar-refractivity contribution in [2.24, 2.45) is 16.3 Å². The number of benzene rings is 1. The second-order valence-electron chi connectivity index (χ2n) is 7.88. The van der Waals surface area contributed by atoms with Gasteiger partial charge in [0.05, 0.1) is 11.4 Å². The van der Waals surface area contributed by atoms with E-state index < -0.39 is 0 Å². The van der Waals surface area contributed by atoms with Crippen molar-refractivity contribution in [3.05, 3.63) is 47.3 Å². The molecule has 2 N–H and O–H groups in total. The Labute approximate surface area is 179 Å². The van der Waals surface area contributed by atoms with Crippen LogP contribution in [0.25, 0.3) is 5.69 Å². The second kappa shape index (κ2) is 8.20. The highest BCUT2D eigenvalue weighted by Crippen LogP contribution is 2.60. The minimum atomic E-state index is 0. The number of aryl methyl sites for hydroxylation is 2. The molecule has 2 aliphatic carbocycles. The van der Waals surface area contributed by atoms with Crippen molar-refractivity contribution in [1.29, 1.82) is 0 Å². The summed E-state index contributed by atoms with van der Waals surface area (Å²) in [6.07, 6.45) is 5.60. The third-order valence-electron chi connectivity index (χ3n) is 5.84. The van der Waals surface area contributed by atoms with Gasteiger partial charge in [-0.05, 0) is 68.6 Å². The van der Waals surface area contributed by atoms with Crippen molar-refractivity contribution in [3.8, 4) is 5.69 Å². The van der Waals surface area contributed by atoms with E-state index in [4.69, 9.17) is 0 Å². The van der Waals surface area contributed by atoms with Gasteiger partial charge in [-0.3, -0.25) is 4.99 Å². The first kappa shape index (κ1) is 20.2. The van der Waals surface area contributed by atoms with Crippen molar-refractivity contribution < 1.29 is 0 Å². The molecule has 2 aliphatic rings. The van der Waals surface area contributed by atoms with Gasteiger partial charge in [-0.1, -0.05) is 18.2 Å². The van der Waals surface area contributed by atoms with Gasteiger partial charge >= 0.3 is 0 Å². The zero-order valence-electron chi connectivity index (χ0n) is 16.5. The van der Waals surface area contributed by atoms with Gasteiger partial charge in [-0.15, -0.1) is 24.0 Å². The fraction of sp³-hybridized carbons (Fsp3) is 0.524. The third-order valence-corrected chi connectivity index (χ3v) is 5.84. The lowest BCUT2D eigenvalue weighted by Gasteiger charge is -2.19. The quantitative estimate of drug-likeness (QED) is 0.375. The molecule has 1 aromatic carbocycles. The van der Waals surface area contributed by atoms with Crippen LogP contribution in [0, 0.1) is 25.2 Å². The molecule has 6 heteroatoms. The minimum absolute atomic E-state index is 0. The summed E-state index contributed by atoms with van der Waals surface area (Å²) in [5.41, 5.74) is 5.09. The van der Waals surface area contributed by atoms with Crippen molar-refractivity contribution in [2.75, 3.05) is 13.6 Å². The Balaban J connectivity index is 0.00000210. The van der Waals surface area contributed by atoms with Crippen LogP contribution in [-0.4, -0.2) is 29.3 Å². The monoisotopic (exact) mass is 479 g/mol. The van der Waals surface area contributed by atoms with Gasteiger partial charge in [-0.25, -0.2) is 4.68 Å². The Morgan fingerprint density at radius 1 is 1.22 bits per heavy atom. The first-order chi connectivity index (χ1) is 12.6. The SMILES string of the molecule is CN=C(NCc1ccccc1-n1nc(C)cc1C)NCC1(C2CC2)CC1.I. The zero-order chi connectivity index (χ0) is 18.1. The molecule has 0 radical (unpaired) electrons. The summed E-state index contributed by atoms with van der Waals surface area (Å²) in [5, 5.41) is 11.7. The number of nitrogens with zero attached hydrogens (tertiary/aromatic N) is 3. The molecule has 0 bridgehead atoms. The molecule has 146 valence electrons. The van der Waals surface area contributed by atoms with Crippen LogP contribution in [0.4, 0.5) is 0 Å². The number of para-hydroxylation sites is 1. The predicted octanol–water partition coefficient (Wildman–Crippen LogP) is 3.96.